The Morgan fingerprint density at radius 1 is 1.64 bits per heavy atom. The van der Waals surface area contributed by atoms with E-state index >= 15 is 0 Å². The van der Waals surface area contributed by atoms with Crippen molar-refractivity contribution in [1.29, 1.82) is 0 Å². The minimum atomic E-state index is 0.467. The van der Waals surface area contributed by atoms with Gasteiger partial charge in [-0.1, -0.05) is 0 Å². The van der Waals surface area contributed by atoms with Crippen molar-refractivity contribution in [2.24, 2.45) is 0 Å². The maximum Gasteiger partial charge on any atom is 0.203 e. The summed E-state index contributed by atoms with van der Waals surface area (Å²) in [5.74, 6) is 0.994. The van der Waals surface area contributed by atoms with E-state index in [9.17, 15) is 0 Å². The molecule has 1 unspecified atom stereocenters. The molecule has 1 aliphatic heterocycles. The molecule has 0 aliphatic carbocycles. The third-order valence-electron chi connectivity index (χ3n) is 2.62. The van der Waals surface area contributed by atoms with Crippen molar-refractivity contribution in [3.05, 3.63) is 12.4 Å². The first-order valence-electron chi connectivity index (χ1n) is 5.27. The minimum absolute atomic E-state index is 0.467. The van der Waals surface area contributed by atoms with Crippen molar-refractivity contribution >= 4 is 5.95 Å². The smallest absolute Gasteiger partial charge is 0.203 e. The molecular weight excluding hydrogens is 176 g/mol. The summed E-state index contributed by atoms with van der Waals surface area (Å²) in [4.78, 5) is 4.32. The number of aromatic nitrogens is 2. The second kappa shape index (κ2) is 4.00. The molecule has 2 heterocycles. The van der Waals surface area contributed by atoms with E-state index in [0.29, 0.717) is 12.1 Å². The normalized spacial score (nSPS) is 21.8. The molecule has 1 aromatic heterocycles. The molecule has 4 heteroatoms. The van der Waals surface area contributed by atoms with Gasteiger partial charge in [0.2, 0.25) is 5.95 Å². The Morgan fingerprint density at radius 2 is 2.50 bits per heavy atom. The summed E-state index contributed by atoms with van der Waals surface area (Å²) in [6.07, 6.45) is 5.06. The highest BCUT2D eigenvalue weighted by Gasteiger charge is 2.16. The number of hydrogen-bond donors (Lipinski definition) is 2. The lowest BCUT2D eigenvalue weighted by molar-refractivity contribution is 0.598. The number of hydrogen-bond acceptors (Lipinski definition) is 3. The molecule has 0 amide bonds. The molecule has 0 saturated carbocycles. The first kappa shape index (κ1) is 9.52. The summed E-state index contributed by atoms with van der Waals surface area (Å²) < 4.78 is 2.16. The van der Waals surface area contributed by atoms with Gasteiger partial charge in [0.05, 0.1) is 0 Å². The van der Waals surface area contributed by atoms with Gasteiger partial charge in [-0.3, -0.25) is 0 Å². The average Bonchev–Trinajstić information content (AvgIpc) is 2.75. The summed E-state index contributed by atoms with van der Waals surface area (Å²) in [7, 11) is 0. The summed E-state index contributed by atoms with van der Waals surface area (Å²) in [5.41, 5.74) is 0. The topological polar surface area (TPSA) is 41.9 Å². The van der Waals surface area contributed by atoms with E-state index in [1.54, 1.807) is 0 Å². The van der Waals surface area contributed by atoms with E-state index in [1.807, 2.05) is 12.4 Å². The van der Waals surface area contributed by atoms with E-state index < -0.39 is 0 Å². The third-order valence-corrected chi connectivity index (χ3v) is 2.62. The lowest BCUT2D eigenvalue weighted by Gasteiger charge is -2.16. The van der Waals surface area contributed by atoms with Crippen molar-refractivity contribution in [2.75, 3.05) is 18.4 Å². The van der Waals surface area contributed by atoms with Crippen molar-refractivity contribution < 1.29 is 0 Å². The zero-order valence-corrected chi connectivity index (χ0v) is 8.83. The van der Waals surface area contributed by atoms with Gasteiger partial charge in [0.1, 0.15) is 0 Å². The number of rotatable bonds is 3. The lowest BCUT2D eigenvalue weighted by atomic mass is 10.3. The Hall–Kier alpha value is -1.03. The fraction of sp³-hybridized carbons (Fsp3) is 0.700. The number of anilines is 1. The first-order valence-corrected chi connectivity index (χ1v) is 5.27. The molecule has 1 fully saturated rings. The molecule has 1 aromatic rings. The predicted molar refractivity (Wildman–Crippen MR) is 57.5 cm³/mol. The summed E-state index contributed by atoms with van der Waals surface area (Å²) in [6.45, 7) is 6.49. The molecule has 1 aliphatic rings. The second-order valence-electron chi connectivity index (χ2n) is 4.09. The molecule has 1 saturated heterocycles. The molecule has 2 rings (SSSR count). The summed E-state index contributed by atoms with van der Waals surface area (Å²) >= 11 is 0. The Morgan fingerprint density at radius 3 is 3.14 bits per heavy atom. The zero-order chi connectivity index (χ0) is 9.97. The van der Waals surface area contributed by atoms with Gasteiger partial charge in [-0.2, -0.15) is 0 Å². The molecular formula is C10H18N4. The Labute approximate surface area is 84.7 Å². The minimum Gasteiger partial charge on any atom is -0.352 e. The number of imidazole rings is 1. The molecule has 78 valence electrons. The van der Waals surface area contributed by atoms with Gasteiger partial charge in [0.25, 0.3) is 0 Å². The van der Waals surface area contributed by atoms with Crippen molar-refractivity contribution in [1.82, 2.24) is 14.9 Å². The van der Waals surface area contributed by atoms with Crippen molar-refractivity contribution in [3.63, 3.8) is 0 Å². The van der Waals surface area contributed by atoms with Crippen LogP contribution in [0.25, 0.3) is 0 Å². The van der Waals surface area contributed by atoms with Crippen LogP contribution in [0, 0.1) is 0 Å². The molecule has 4 nitrogen and oxygen atoms in total. The van der Waals surface area contributed by atoms with Crippen LogP contribution in [0.3, 0.4) is 0 Å². The SMILES string of the molecule is CC(C)n1ccnc1NC1CCNC1. The third kappa shape index (κ3) is 1.90. The van der Waals surface area contributed by atoms with Gasteiger partial charge >= 0.3 is 0 Å². The zero-order valence-electron chi connectivity index (χ0n) is 8.83. The van der Waals surface area contributed by atoms with Crippen LogP contribution in [-0.4, -0.2) is 28.7 Å². The standard InChI is InChI=1S/C10H18N4/c1-8(2)14-6-5-12-10(14)13-9-3-4-11-7-9/h5-6,8-9,11H,3-4,7H2,1-2H3,(H,12,13). The van der Waals surface area contributed by atoms with Crippen LogP contribution in [0.4, 0.5) is 5.95 Å². The summed E-state index contributed by atoms with van der Waals surface area (Å²) in [6, 6.07) is 1.00. The van der Waals surface area contributed by atoms with Crippen LogP contribution in [-0.2, 0) is 0 Å². The van der Waals surface area contributed by atoms with Crippen molar-refractivity contribution in [2.45, 2.75) is 32.4 Å². The van der Waals surface area contributed by atoms with Gasteiger partial charge in [-0.25, -0.2) is 4.98 Å². The van der Waals surface area contributed by atoms with Crippen LogP contribution >= 0.6 is 0 Å². The first-order chi connectivity index (χ1) is 6.77. The van der Waals surface area contributed by atoms with Gasteiger partial charge in [0, 0.05) is 31.0 Å². The quantitative estimate of drug-likeness (QED) is 0.760. The van der Waals surface area contributed by atoms with E-state index in [2.05, 4.69) is 34.0 Å². The molecule has 1 atom stereocenters. The maximum absolute atomic E-state index is 4.32. The number of nitrogens with zero attached hydrogens (tertiary/aromatic N) is 2. The highest BCUT2D eigenvalue weighted by Crippen LogP contribution is 2.14. The molecule has 0 spiro atoms. The molecule has 2 N–H and O–H groups in total. The molecule has 0 aromatic carbocycles. The van der Waals surface area contributed by atoms with Crippen LogP contribution in [0.2, 0.25) is 0 Å². The van der Waals surface area contributed by atoms with E-state index in [1.165, 1.54) is 6.42 Å². The van der Waals surface area contributed by atoms with Crippen LogP contribution in [0.1, 0.15) is 26.3 Å². The van der Waals surface area contributed by atoms with E-state index in [4.69, 9.17) is 0 Å². The van der Waals surface area contributed by atoms with Gasteiger partial charge in [0.15, 0.2) is 0 Å². The Kier molecular flexibility index (Phi) is 2.72. The fourth-order valence-electron chi connectivity index (χ4n) is 1.80. The van der Waals surface area contributed by atoms with Crippen molar-refractivity contribution in [3.8, 4) is 0 Å². The molecule has 0 bridgehead atoms. The predicted octanol–water partition coefficient (Wildman–Crippen LogP) is 1.24. The maximum atomic E-state index is 4.32. The lowest BCUT2D eigenvalue weighted by Crippen LogP contribution is -2.24. The van der Waals surface area contributed by atoms with Crippen LogP contribution in [0.15, 0.2) is 12.4 Å². The molecule has 14 heavy (non-hydrogen) atoms. The van der Waals surface area contributed by atoms with Gasteiger partial charge < -0.3 is 15.2 Å². The fourth-order valence-corrected chi connectivity index (χ4v) is 1.80. The second-order valence-corrected chi connectivity index (χ2v) is 4.09. The molecule has 0 radical (unpaired) electrons. The Balaban J connectivity index is 2.04. The van der Waals surface area contributed by atoms with Crippen LogP contribution in [0.5, 0.6) is 0 Å². The van der Waals surface area contributed by atoms with Gasteiger partial charge in [-0.15, -0.1) is 0 Å². The van der Waals surface area contributed by atoms with Crippen LogP contribution < -0.4 is 10.6 Å². The highest BCUT2D eigenvalue weighted by atomic mass is 15.2. The highest BCUT2D eigenvalue weighted by molar-refractivity contribution is 5.28. The average molecular weight is 194 g/mol. The summed E-state index contributed by atoms with van der Waals surface area (Å²) in [5, 5.41) is 6.79. The van der Waals surface area contributed by atoms with Gasteiger partial charge in [-0.05, 0) is 26.8 Å². The van der Waals surface area contributed by atoms with E-state index in [0.717, 1.165) is 19.0 Å². The Bertz CT molecular complexity index is 286. The largest absolute Gasteiger partial charge is 0.352 e. The monoisotopic (exact) mass is 194 g/mol. The number of nitrogens with one attached hydrogen (secondary N) is 2. The van der Waals surface area contributed by atoms with E-state index in [-0.39, 0.29) is 0 Å².